The third kappa shape index (κ3) is 6.08. The largest absolute Gasteiger partial charge is 0.280 e. The molecule has 0 bridgehead atoms. The molecular formula is C20H17ClN2O4S2. The molecule has 0 radical (unpaired) electrons. The topological polar surface area (TPSA) is 92.3 Å². The molecule has 3 rings (SSSR count). The normalized spacial score (nSPS) is 12.0. The van der Waals surface area contributed by atoms with E-state index in [-0.39, 0.29) is 10.6 Å². The monoisotopic (exact) mass is 448 g/mol. The number of hydrogen-bond donors (Lipinski definition) is 2. The summed E-state index contributed by atoms with van der Waals surface area (Å²) < 4.78 is 54.5. The zero-order valence-electron chi connectivity index (χ0n) is 15.0. The van der Waals surface area contributed by atoms with Crippen molar-refractivity contribution in [2.45, 2.75) is 4.90 Å². The number of hydrogen-bond acceptors (Lipinski definition) is 4. The molecular weight excluding hydrogens is 432 g/mol. The molecule has 0 aliphatic heterocycles. The van der Waals surface area contributed by atoms with Crippen LogP contribution in [0.5, 0.6) is 0 Å². The summed E-state index contributed by atoms with van der Waals surface area (Å²) in [6.07, 6.45) is 1.45. The van der Waals surface area contributed by atoms with Gasteiger partial charge in [-0.1, -0.05) is 48.0 Å². The Hall–Kier alpha value is -2.81. The molecule has 0 aromatic heterocycles. The highest BCUT2D eigenvalue weighted by molar-refractivity contribution is 7.95. The van der Waals surface area contributed by atoms with Crippen LogP contribution in [-0.4, -0.2) is 16.8 Å². The lowest BCUT2D eigenvalue weighted by atomic mass is 10.2. The third-order valence-electron chi connectivity index (χ3n) is 3.74. The first-order chi connectivity index (χ1) is 13.7. The Labute approximate surface area is 175 Å². The van der Waals surface area contributed by atoms with Gasteiger partial charge in [0.05, 0.1) is 16.0 Å². The fourth-order valence-electron chi connectivity index (χ4n) is 2.39. The van der Waals surface area contributed by atoms with Gasteiger partial charge in [0, 0.05) is 10.7 Å². The van der Waals surface area contributed by atoms with Crippen LogP contribution in [0.25, 0.3) is 6.08 Å². The number of sulfonamides is 2. The highest BCUT2D eigenvalue weighted by Gasteiger charge is 2.16. The molecule has 9 heteroatoms. The summed E-state index contributed by atoms with van der Waals surface area (Å²) >= 11 is 5.80. The Morgan fingerprint density at radius 3 is 2.10 bits per heavy atom. The molecule has 2 N–H and O–H groups in total. The van der Waals surface area contributed by atoms with Gasteiger partial charge in [-0.2, -0.15) is 0 Å². The van der Waals surface area contributed by atoms with Gasteiger partial charge in [-0.25, -0.2) is 16.8 Å². The second-order valence-corrected chi connectivity index (χ2v) is 9.69. The first-order valence-corrected chi connectivity index (χ1v) is 11.8. The minimum atomic E-state index is -3.91. The minimum Gasteiger partial charge on any atom is -0.280 e. The molecule has 0 fully saturated rings. The lowest BCUT2D eigenvalue weighted by molar-refractivity contribution is 0.600. The third-order valence-corrected chi connectivity index (χ3v) is 6.39. The van der Waals surface area contributed by atoms with Crippen molar-refractivity contribution in [2.24, 2.45) is 0 Å². The number of nitrogens with one attached hydrogen (secondary N) is 2. The zero-order chi connectivity index (χ0) is 20.9. The quantitative estimate of drug-likeness (QED) is 0.554. The smallest absolute Gasteiger partial charge is 0.261 e. The summed E-state index contributed by atoms with van der Waals surface area (Å²) in [4.78, 5) is -0.0836. The number of anilines is 2. The summed E-state index contributed by atoms with van der Waals surface area (Å²) in [6, 6.07) is 20.7. The minimum absolute atomic E-state index is 0.0836. The molecule has 0 heterocycles. The summed E-state index contributed by atoms with van der Waals surface area (Å²) in [5.74, 6) is 0. The van der Waals surface area contributed by atoms with Gasteiger partial charge in [0.2, 0.25) is 0 Å². The molecule has 0 saturated heterocycles. The SMILES string of the molecule is O=S(=O)(/C=C/c1ccccc1)Nc1cccc(S(=O)(=O)Nc2ccc(Cl)cc2)c1. The van der Waals surface area contributed by atoms with Crippen LogP contribution in [0.1, 0.15) is 5.56 Å². The Bertz CT molecular complexity index is 1220. The summed E-state index contributed by atoms with van der Waals surface area (Å²) in [5, 5.41) is 1.50. The molecule has 3 aromatic carbocycles. The van der Waals surface area contributed by atoms with Crippen LogP contribution < -0.4 is 9.44 Å². The highest BCUT2D eigenvalue weighted by atomic mass is 35.5. The van der Waals surface area contributed by atoms with Gasteiger partial charge in [-0.3, -0.25) is 9.44 Å². The maximum absolute atomic E-state index is 12.6. The summed E-state index contributed by atoms with van der Waals surface area (Å²) in [6.45, 7) is 0. The molecule has 0 amide bonds. The van der Waals surface area contributed by atoms with Crippen molar-refractivity contribution in [2.75, 3.05) is 9.44 Å². The second kappa shape index (κ2) is 8.69. The molecule has 0 aliphatic carbocycles. The van der Waals surface area contributed by atoms with Crippen LogP contribution in [0.2, 0.25) is 5.02 Å². The Balaban J connectivity index is 1.78. The van der Waals surface area contributed by atoms with Crippen molar-refractivity contribution in [1.29, 1.82) is 0 Å². The van der Waals surface area contributed by atoms with Gasteiger partial charge in [0.15, 0.2) is 0 Å². The molecule has 0 spiro atoms. The Morgan fingerprint density at radius 2 is 1.41 bits per heavy atom. The average Bonchev–Trinajstić information content (AvgIpc) is 2.69. The van der Waals surface area contributed by atoms with Crippen LogP contribution in [-0.2, 0) is 20.0 Å². The Morgan fingerprint density at radius 1 is 0.724 bits per heavy atom. The number of benzene rings is 3. The van der Waals surface area contributed by atoms with Crippen LogP contribution >= 0.6 is 11.6 Å². The maximum Gasteiger partial charge on any atom is 0.261 e. The van der Waals surface area contributed by atoms with Crippen LogP contribution in [0.3, 0.4) is 0 Å². The second-order valence-electron chi connectivity index (χ2n) is 6.00. The molecule has 3 aromatic rings. The van der Waals surface area contributed by atoms with Crippen molar-refractivity contribution in [3.63, 3.8) is 0 Å². The van der Waals surface area contributed by atoms with Gasteiger partial charge in [0.25, 0.3) is 20.0 Å². The molecule has 29 heavy (non-hydrogen) atoms. The van der Waals surface area contributed by atoms with Crippen molar-refractivity contribution in [3.05, 3.63) is 94.9 Å². The first-order valence-electron chi connectivity index (χ1n) is 8.38. The van der Waals surface area contributed by atoms with Crippen molar-refractivity contribution < 1.29 is 16.8 Å². The van der Waals surface area contributed by atoms with Gasteiger partial charge in [-0.05, 0) is 54.1 Å². The van der Waals surface area contributed by atoms with Crippen LogP contribution in [0.15, 0.2) is 89.2 Å². The average molecular weight is 449 g/mol. The number of rotatable bonds is 7. The van der Waals surface area contributed by atoms with E-state index in [4.69, 9.17) is 11.6 Å². The fourth-order valence-corrected chi connectivity index (χ4v) is 4.48. The maximum atomic E-state index is 12.6. The van der Waals surface area contributed by atoms with E-state index < -0.39 is 20.0 Å². The summed E-state index contributed by atoms with van der Waals surface area (Å²) in [5.41, 5.74) is 1.19. The van der Waals surface area contributed by atoms with Crippen molar-refractivity contribution in [3.8, 4) is 0 Å². The molecule has 0 atom stereocenters. The first kappa shape index (κ1) is 20.9. The summed E-state index contributed by atoms with van der Waals surface area (Å²) in [7, 11) is -7.72. The van der Waals surface area contributed by atoms with Crippen molar-refractivity contribution >= 4 is 49.1 Å². The van der Waals surface area contributed by atoms with E-state index in [9.17, 15) is 16.8 Å². The van der Waals surface area contributed by atoms with Gasteiger partial charge in [0.1, 0.15) is 0 Å². The van der Waals surface area contributed by atoms with E-state index in [0.717, 1.165) is 11.0 Å². The van der Waals surface area contributed by atoms with E-state index >= 15 is 0 Å². The lowest BCUT2D eigenvalue weighted by Gasteiger charge is -2.10. The van der Waals surface area contributed by atoms with Crippen molar-refractivity contribution in [1.82, 2.24) is 0 Å². The predicted octanol–water partition coefficient (Wildman–Crippen LogP) is 4.55. The van der Waals surface area contributed by atoms with Gasteiger partial charge >= 0.3 is 0 Å². The van der Waals surface area contributed by atoms with E-state index in [2.05, 4.69) is 9.44 Å². The molecule has 0 saturated carbocycles. The van der Waals surface area contributed by atoms with Crippen LogP contribution in [0, 0.1) is 0 Å². The molecule has 150 valence electrons. The van der Waals surface area contributed by atoms with E-state index in [1.54, 1.807) is 36.4 Å². The van der Waals surface area contributed by atoms with E-state index in [1.807, 2.05) is 6.07 Å². The zero-order valence-corrected chi connectivity index (χ0v) is 17.4. The standard InChI is InChI=1S/C20H17ClN2O4S2/c21-17-9-11-18(12-10-17)23-29(26,27)20-8-4-7-19(15-20)22-28(24,25)14-13-16-5-2-1-3-6-16/h1-15,22-23H/b14-13+. The van der Waals surface area contributed by atoms with Gasteiger partial charge < -0.3 is 0 Å². The molecule has 6 nitrogen and oxygen atoms in total. The number of halogens is 1. The van der Waals surface area contributed by atoms with Gasteiger partial charge in [-0.15, -0.1) is 0 Å². The predicted molar refractivity (Wildman–Crippen MR) is 117 cm³/mol. The van der Waals surface area contributed by atoms with E-state index in [0.29, 0.717) is 10.7 Å². The molecule has 0 aliphatic rings. The lowest BCUT2D eigenvalue weighted by Crippen LogP contribution is -2.14. The Kier molecular flexibility index (Phi) is 6.26. The molecule has 0 unspecified atom stereocenters. The van der Waals surface area contributed by atoms with Crippen LogP contribution in [0.4, 0.5) is 11.4 Å². The van der Waals surface area contributed by atoms with E-state index in [1.165, 1.54) is 42.5 Å². The highest BCUT2D eigenvalue weighted by Crippen LogP contribution is 2.21. The fraction of sp³-hybridized carbons (Fsp3) is 0.